The van der Waals surface area contributed by atoms with Crippen LogP contribution in [0.4, 0.5) is 17.6 Å². The number of hydrogen-bond donors (Lipinski definition) is 0. The number of piperidine rings is 1. The Morgan fingerprint density at radius 2 is 1.86 bits per heavy atom. The van der Waals surface area contributed by atoms with Crippen LogP contribution in [0.5, 0.6) is 0 Å². The van der Waals surface area contributed by atoms with Crippen molar-refractivity contribution in [1.29, 1.82) is 0 Å². The van der Waals surface area contributed by atoms with Crippen molar-refractivity contribution in [3.8, 4) is 11.1 Å². The monoisotopic (exact) mass is 391 g/mol. The zero-order chi connectivity index (χ0) is 20.3. The summed E-state index contributed by atoms with van der Waals surface area (Å²) in [5.74, 6) is -0.524. The third kappa shape index (κ3) is 2.90. The summed E-state index contributed by atoms with van der Waals surface area (Å²) in [5, 5.41) is 0. The van der Waals surface area contributed by atoms with Crippen molar-refractivity contribution in [1.82, 2.24) is 4.90 Å². The third-order valence-electron chi connectivity index (χ3n) is 6.47. The molecule has 0 saturated carbocycles. The van der Waals surface area contributed by atoms with Crippen molar-refractivity contribution in [2.24, 2.45) is 0 Å². The number of carbonyl (C=O) groups excluding carboxylic acids is 1. The van der Waals surface area contributed by atoms with Crippen LogP contribution < -0.4 is 0 Å². The summed E-state index contributed by atoms with van der Waals surface area (Å²) in [6.07, 6.45) is -1.80. The first-order valence-electron chi connectivity index (χ1n) is 9.37. The predicted octanol–water partition coefficient (Wildman–Crippen LogP) is 5.34. The van der Waals surface area contributed by atoms with Crippen molar-refractivity contribution in [3.05, 3.63) is 58.9 Å². The van der Waals surface area contributed by atoms with E-state index in [2.05, 4.69) is 6.92 Å². The number of alkyl halides is 3. The van der Waals surface area contributed by atoms with Gasteiger partial charge in [-0.15, -0.1) is 0 Å². The highest BCUT2D eigenvalue weighted by Crippen LogP contribution is 2.46. The zero-order valence-electron chi connectivity index (χ0n) is 15.7. The smallest absolute Gasteiger partial charge is 0.342 e. The molecular weight excluding hydrogens is 370 g/mol. The van der Waals surface area contributed by atoms with Crippen molar-refractivity contribution >= 4 is 5.91 Å². The van der Waals surface area contributed by atoms with Gasteiger partial charge in [-0.25, -0.2) is 4.39 Å². The van der Waals surface area contributed by atoms with Gasteiger partial charge < -0.3 is 4.90 Å². The molecule has 1 aliphatic heterocycles. The van der Waals surface area contributed by atoms with Crippen molar-refractivity contribution in [2.75, 3.05) is 7.05 Å². The van der Waals surface area contributed by atoms with Crippen LogP contribution in [-0.4, -0.2) is 23.9 Å². The van der Waals surface area contributed by atoms with Gasteiger partial charge in [0.15, 0.2) is 0 Å². The lowest BCUT2D eigenvalue weighted by Gasteiger charge is -2.50. The molecule has 2 aromatic carbocycles. The minimum Gasteiger partial charge on any atom is -0.342 e. The second-order valence-corrected chi connectivity index (χ2v) is 8.04. The first kappa shape index (κ1) is 19.0. The minimum absolute atomic E-state index is 0.0409. The molecule has 0 radical (unpaired) electrons. The maximum atomic E-state index is 14.3. The molecule has 0 spiro atoms. The number of likely N-dealkylation sites (tertiary alicyclic amines) is 1. The SMILES string of the molecule is CN1C(=O)CC[C@]2(C)c3ccc(-c4cc(C(F)(F)F)ccc4F)cc3CC[C@@H]12. The van der Waals surface area contributed by atoms with E-state index in [1.54, 1.807) is 6.07 Å². The van der Waals surface area contributed by atoms with Crippen LogP contribution in [-0.2, 0) is 22.8 Å². The number of likely N-dealkylation sites (N-methyl/N-ethyl adjacent to an activating group) is 1. The molecule has 2 atom stereocenters. The summed E-state index contributed by atoms with van der Waals surface area (Å²) in [6.45, 7) is 2.14. The summed E-state index contributed by atoms with van der Waals surface area (Å²) in [5.41, 5.74) is 1.49. The van der Waals surface area contributed by atoms with E-state index in [9.17, 15) is 22.4 Å². The molecule has 0 N–H and O–H groups in total. The Kier molecular flexibility index (Phi) is 4.28. The number of benzene rings is 2. The molecule has 2 nitrogen and oxygen atoms in total. The van der Waals surface area contributed by atoms with Gasteiger partial charge in [0, 0.05) is 30.5 Å². The summed E-state index contributed by atoms with van der Waals surface area (Å²) in [6, 6.07) is 8.02. The highest BCUT2D eigenvalue weighted by atomic mass is 19.4. The van der Waals surface area contributed by atoms with Crippen molar-refractivity contribution in [2.45, 2.75) is 50.2 Å². The Morgan fingerprint density at radius 1 is 1.11 bits per heavy atom. The maximum Gasteiger partial charge on any atom is 0.416 e. The molecule has 6 heteroatoms. The topological polar surface area (TPSA) is 20.3 Å². The number of halogens is 4. The molecule has 1 heterocycles. The fourth-order valence-corrected chi connectivity index (χ4v) is 4.88. The lowest BCUT2D eigenvalue weighted by molar-refractivity contribution is -0.138. The van der Waals surface area contributed by atoms with Crippen molar-refractivity contribution in [3.63, 3.8) is 0 Å². The summed E-state index contributed by atoms with van der Waals surface area (Å²) in [7, 11) is 1.84. The Balaban J connectivity index is 1.77. The van der Waals surface area contributed by atoms with Gasteiger partial charge in [0.2, 0.25) is 5.91 Å². The van der Waals surface area contributed by atoms with Gasteiger partial charge in [-0.2, -0.15) is 13.2 Å². The standard InChI is InChI=1S/C22H21F4NO/c1-21-10-9-20(28)27(2)19(21)8-4-14-11-13(3-6-17(14)21)16-12-15(22(24,25)26)5-7-18(16)23/h3,5-7,11-12,19H,4,8-10H2,1-2H3/t19-,21-/m1/s1. The summed E-state index contributed by atoms with van der Waals surface area (Å²) < 4.78 is 53.4. The quantitative estimate of drug-likeness (QED) is 0.601. The van der Waals surface area contributed by atoms with Gasteiger partial charge in [-0.05, 0) is 54.2 Å². The first-order valence-corrected chi connectivity index (χ1v) is 9.37. The number of aryl methyl sites for hydroxylation is 1. The first-order chi connectivity index (χ1) is 13.1. The second-order valence-electron chi connectivity index (χ2n) is 8.04. The van der Waals surface area contributed by atoms with E-state index in [4.69, 9.17) is 0 Å². The van der Waals surface area contributed by atoms with Gasteiger partial charge in [0.25, 0.3) is 0 Å². The number of fused-ring (bicyclic) bond motifs is 3. The fourth-order valence-electron chi connectivity index (χ4n) is 4.88. The molecule has 2 aliphatic rings. The molecule has 148 valence electrons. The molecule has 28 heavy (non-hydrogen) atoms. The van der Waals surface area contributed by atoms with Crippen LogP contribution in [0.15, 0.2) is 36.4 Å². The Hall–Kier alpha value is -2.37. The summed E-state index contributed by atoms with van der Waals surface area (Å²) in [4.78, 5) is 13.9. The highest BCUT2D eigenvalue weighted by Gasteiger charge is 2.46. The van der Waals surface area contributed by atoms with Crippen molar-refractivity contribution < 1.29 is 22.4 Å². The van der Waals surface area contributed by atoms with E-state index in [-0.39, 0.29) is 22.9 Å². The maximum absolute atomic E-state index is 14.3. The summed E-state index contributed by atoms with van der Waals surface area (Å²) >= 11 is 0. The number of amides is 1. The van der Waals surface area contributed by atoms with E-state index >= 15 is 0 Å². The zero-order valence-corrected chi connectivity index (χ0v) is 15.7. The second kappa shape index (κ2) is 6.33. The molecule has 1 fully saturated rings. The van der Waals surface area contributed by atoms with E-state index in [0.717, 1.165) is 42.2 Å². The molecule has 1 saturated heterocycles. The van der Waals surface area contributed by atoms with E-state index in [1.165, 1.54) is 0 Å². The molecule has 2 aromatic rings. The molecule has 4 rings (SSSR count). The average molecular weight is 391 g/mol. The van der Waals surface area contributed by atoms with Crippen LogP contribution >= 0.6 is 0 Å². The Labute approximate surface area is 161 Å². The average Bonchev–Trinajstić information content (AvgIpc) is 2.64. The van der Waals surface area contributed by atoms with Gasteiger partial charge in [0.05, 0.1) is 5.56 Å². The minimum atomic E-state index is -4.52. The van der Waals surface area contributed by atoms with Crippen LogP contribution in [0.3, 0.4) is 0 Å². The predicted molar refractivity (Wildman–Crippen MR) is 98.3 cm³/mol. The van der Waals surface area contributed by atoms with Crippen LogP contribution in [0.2, 0.25) is 0 Å². The highest BCUT2D eigenvalue weighted by molar-refractivity contribution is 5.78. The van der Waals surface area contributed by atoms with E-state index in [1.807, 2.05) is 24.1 Å². The van der Waals surface area contributed by atoms with Gasteiger partial charge >= 0.3 is 6.18 Å². The lowest BCUT2D eigenvalue weighted by atomic mass is 9.63. The number of carbonyl (C=O) groups is 1. The molecule has 0 unspecified atom stereocenters. The number of rotatable bonds is 1. The lowest BCUT2D eigenvalue weighted by Crippen LogP contribution is -2.56. The van der Waals surface area contributed by atoms with Gasteiger partial charge in [0.1, 0.15) is 5.82 Å². The molecular formula is C22H21F4NO. The largest absolute Gasteiger partial charge is 0.416 e. The van der Waals surface area contributed by atoms with Crippen LogP contribution in [0.25, 0.3) is 11.1 Å². The molecule has 0 bridgehead atoms. The van der Waals surface area contributed by atoms with Crippen LogP contribution in [0.1, 0.15) is 42.9 Å². The third-order valence-corrected chi connectivity index (χ3v) is 6.47. The van der Waals surface area contributed by atoms with E-state index < -0.39 is 17.6 Å². The molecule has 0 aromatic heterocycles. The normalized spacial score (nSPS) is 24.7. The van der Waals surface area contributed by atoms with Crippen LogP contribution in [0, 0.1) is 5.82 Å². The molecule has 1 amide bonds. The van der Waals surface area contributed by atoms with Gasteiger partial charge in [-0.3, -0.25) is 4.79 Å². The Bertz CT molecular complexity index is 952. The number of hydrogen-bond acceptors (Lipinski definition) is 1. The molecule has 1 aliphatic carbocycles. The number of nitrogens with zero attached hydrogens (tertiary/aromatic N) is 1. The van der Waals surface area contributed by atoms with Gasteiger partial charge in [-0.1, -0.05) is 25.1 Å². The van der Waals surface area contributed by atoms with E-state index in [0.29, 0.717) is 18.4 Å². The fraction of sp³-hybridized carbons (Fsp3) is 0.409. The Morgan fingerprint density at radius 3 is 2.57 bits per heavy atom.